The third-order valence-electron chi connectivity index (χ3n) is 11.9. The third kappa shape index (κ3) is 8.04. The van der Waals surface area contributed by atoms with E-state index in [1.807, 2.05) is 51.2 Å². The quantitative estimate of drug-likeness (QED) is 0.132. The topological polar surface area (TPSA) is 186 Å². The number of hydrogen-bond acceptors (Lipinski definition) is 11. The molecule has 15 nitrogen and oxygen atoms in total. The second kappa shape index (κ2) is 16.8. The summed E-state index contributed by atoms with van der Waals surface area (Å²) in [7, 11) is 4.86. The Labute approximate surface area is 354 Å². The lowest BCUT2D eigenvalue weighted by Gasteiger charge is -2.41. The van der Waals surface area contributed by atoms with E-state index in [2.05, 4.69) is 16.0 Å². The summed E-state index contributed by atoms with van der Waals surface area (Å²) in [5.74, 6) is 0.309. The Kier molecular flexibility index (Phi) is 11.3. The lowest BCUT2D eigenvalue weighted by atomic mass is 9.85. The van der Waals surface area contributed by atoms with Crippen molar-refractivity contribution < 1.29 is 38.1 Å². The van der Waals surface area contributed by atoms with Gasteiger partial charge in [-0.15, -0.1) is 0 Å². The van der Waals surface area contributed by atoms with Gasteiger partial charge in [0.2, 0.25) is 11.8 Å². The standard InChI is InChI=1S/C46H51N7O8/c1-24(2)42(47)44(55)49-25(3)43(54)50-29-14-26(13-27(15-29)23-61-41-20-35-32(18-39(41)59-6)45(56)52(4)37-12-11-33(37)51-35)22-60-40-19-34-31(17-38(40)58-5)46(57)53-30(21-48-34)16-28-9-7-8-10-36(28)53/h7-10,13-15,17-21,24-25,30,33,37,42,51H,11-12,16,22-23,47H2,1-6H3,(H,49,55)(H,50,54)/t25-,30-,33?,37?,42-/m0/s1. The molecule has 61 heavy (non-hydrogen) atoms. The van der Waals surface area contributed by atoms with Crippen molar-refractivity contribution in [3.8, 4) is 23.0 Å². The average molecular weight is 830 g/mol. The van der Waals surface area contributed by atoms with E-state index in [0.717, 1.165) is 24.1 Å². The third-order valence-corrected chi connectivity index (χ3v) is 11.9. The van der Waals surface area contributed by atoms with Gasteiger partial charge in [0, 0.05) is 49.2 Å². The number of likely N-dealkylation sites (N-methyl/N-ethyl adjacent to an activating group) is 1. The van der Waals surface area contributed by atoms with Gasteiger partial charge < -0.3 is 45.5 Å². The molecule has 1 fully saturated rings. The van der Waals surface area contributed by atoms with E-state index >= 15 is 0 Å². The van der Waals surface area contributed by atoms with Crippen LogP contribution in [0.5, 0.6) is 23.0 Å². The summed E-state index contributed by atoms with van der Waals surface area (Å²) in [6.45, 7) is 5.35. The zero-order chi connectivity index (χ0) is 43.1. The molecule has 1 saturated carbocycles. The van der Waals surface area contributed by atoms with Crippen molar-refractivity contribution in [3.05, 3.63) is 94.5 Å². The molecule has 0 aromatic heterocycles. The van der Waals surface area contributed by atoms with E-state index in [4.69, 9.17) is 29.7 Å². The van der Waals surface area contributed by atoms with Crippen LogP contribution in [0.4, 0.5) is 22.7 Å². The van der Waals surface area contributed by atoms with Gasteiger partial charge in [-0.1, -0.05) is 32.0 Å². The number of hydrogen-bond donors (Lipinski definition) is 4. The first kappa shape index (κ1) is 41.1. The number of benzene rings is 4. The van der Waals surface area contributed by atoms with Crippen LogP contribution >= 0.6 is 0 Å². The van der Waals surface area contributed by atoms with Gasteiger partial charge in [0.25, 0.3) is 11.8 Å². The van der Waals surface area contributed by atoms with Crippen molar-refractivity contribution in [1.29, 1.82) is 0 Å². The average Bonchev–Trinajstić information content (AvgIpc) is 3.53. The molecule has 5 N–H and O–H groups in total. The van der Waals surface area contributed by atoms with Crippen molar-refractivity contribution in [3.63, 3.8) is 0 Å². The molecule has 5 atom stereocenters. The van der Waals surface area contributed by atoms with Gasteiger partial charge in [-0.2, -0.15) is 0 Å². The highest BCUT2D eigenvalue weighted by molar-refractivity contribution is 6.14. The maximum absolute atomic E-state index is 14.0. The van der Waals surface area contributed by atoms with Crippen LogP contribution in [-0.2, 0) is 29.2 Å². The zero-order valence-corrected chi connectivity index (χ0v) is 35.1. The fourth-order valence-electron chi connectivity index (χ4n) is 8.22. The van der Waals surface area contributed by atoms with Gasteiger partial charge in [0.05, 0.1) is 54.8 Å². The van der Waals surface area contributed by atoms with Crippen molar-refractivity contribution in [2.24, 2.45) is 16.6 Å². The van der Waals surface area contributed by atoms with Gasteiger partial charge in [0.1, 0.15) is 19.3 Å². The summed E-state index contributed by atoms with van der Waals surface area (Å²) in [5.41, 5.74) is 11.8. The number of rotatable bonds is 13. The number of methoxy groups -OCH3 is 2. The smallest absolute Gasteiger partial charge is 0.261 e. The molecule has 0 radical (unpaired) electrons. The highest BCUT2D eigenvalue weighted by Crippen LogP contribution is 2.42. The van der Waals surface area contributed by atoms with Crippen LogP contribution in [0.2, 0.25) is 0 Å². The van der Waals surface area contributed by atoms with Gasteiger partial charge in [-0.05, 0) is 78.8 Å². The molecule has 0 bridgehead atoms. The van der Waals surface area contributed by atoms with Crippen LogP contribution in [0.1, 0.15) is 71.0 Å². The van der Waals surface area contributed by atoms with Gasteiger partial charge in [-0.25, -0.2) is 0 Å². The number of carbonyl (C=O) groups excluding carboxylic acids is 4. The molecule has 3 heterocycles. The minimum absolute atomic E-state index is 0.0332. The molecular weight excluding hydrogens is 779 g/mol. The summed E-state index contributed by atoms with van der Waals surface area (Å²) in [5, 5.41) is 9.15. The Hall–Kier alpha value is -6.61. The number of amides is 4. The number of carbonyl (C=O) groups is 4. The van der Waals surface area contributed by atoms with E-state index in [-0.39, 0.29) is 49.1 Å². The molecule has 8 rings (SSSR count). The molecule has 2 unspecified atom stereocenters. The van der Waals surface area contributed by atoms with E-state index in [1.165, 1.54) is 14.2 Å². The number of nitrogens with zero attached hydrogens (tertiary/aromatic N) is 3. The summed E-state index contributed by atoms with van der Waals surface area (Å²) in [6, 6.07) is 18.5. The monoisotopic (exact) mass is 829 g/mol. The minimum atomic E-state index is -0.887. The molecule has 3 aliphatic heterocycles. The molecule has 4 amide bonds. The molecule has 4 aromatic carbocycles. The highest BCUT2D eigenvalue weighted by Gasteiger charge is 2.41. The molecular formula is C46H51N7O8. The summed E-state index contributed by atoms with van der Waals surface area (Å²) >= 11 is 0. The SMILES string of the molecule is COc1cc2c(cc1OCc1cc(COc3cc4c(cc3OC)C(=O)N(C)C3CCC3N4)cc(NC(=O)[C@H](C)NC(=O)[C@@H](N)C(C)C)c1)N=C[C@@H]1Cc3ccccc3N1C2=O. The van der Waals surface area contributed by atoms with Crippen molar-refractivity contribution in [2.45, 2.75) is 83.5 Å². The van der Waals surface area contributed by atoms with Crippen LogP contribution in [-0.4, -0.2) is 86.2 Å². The Morgan fingerprint density at radius 1 is 0.852 bits per heavy atom. The molecule has 4 aromatic rings. The molecule has 4 aliphatic rings. The van der Waals surface area contributed by atoms with Crippen LogP contribution in [0.3, 0.4) is 0 Å². The van der Waals surface area contributed by atoms with Gasteiger partial charge >= 0.3 is 0 Å². The molecule has 1 aliphatic carbocycles. The lowest BCUT2D eigenvalue weighted by Crippen LogP contribution is -2.52. The number of para-hydroxylation sites is 1. The molecule has 318 valence electrons. The highest BCUT2D eigenvalue weighted by atomic mass is 16.5. The van der Waals surface area contributed by atoms with Gasteiger partial charge in [-0.3, -0.25) is 29.1 Å². The Morgan fingerprint density at radius 3 is 2.18 bits per heavy atom. The first-order chi connectivity index (χ1) is 29.3. The Balaban J connectivity index is 1.06. The number of nitrogens with one attached hydrogen (secondary N) is 3. The Bertz CT molecular complexity index is 2430. The number of aliphatic imine (C=N–C) groups is 1. The van der Waals surface area contributed by atoms with E-state index in [1.54, 1.807) is 59.3 Å². The van der Waals surface area contributed by atoms with Crippen molar-refractivity contribution in [1.82, 2.24) is 10.2 Å². The summed E-state index contributed by atoms with van der Waals surface area (Å²) in [4.78, 5) is 61.8. The predicted molar refractivity (Wildman–Crippen MR) is 232 cm³/mol. The van der Waals surface area contributed by atoms with E-state index in [0.29, 0.717) is 68.7 Å². The van der Waals surface area contributed by atoms with Crippen molar-refractivity contribution >= 4 is 52.6 Å². The molecule has 15 heteroatoms. The van der Waals surface area contributed by atoms with Crippen molar-refractivity contribution in [2.75, 3.05) is 36.8 Å². The number of anilines is 3. The first-order valence-corrected chi connectivity index (χ1v) is 20.5. The lowest BCUT2D eigenvalue weighted by molar-refractivity contribution is -0.127. The van der Waals surface area contributed by atoms with E-state index in [9.17, 15) is 19.2 Å². The van der Waals surface area contributed by atoms with Crippen LogP contribution in [0.15, 0.2) is 71.7 Å². The normalized spacial score (nSPS) is 19.4. The predicted octanol–water partition coefficient (Wildman–Crippen LogP) is 5.60. The van der Waals surface area contributed by atoms with Crippen LogP contribution in [0.25, 0.3) is 0 Å². The van der Waals surface area contributed by atoms with E-state index < -0.39 is 23.9 Å². The number of nitrogens with two attached hydrogens (primary N) is 1. The maximum Gasteiger partial charge on any atom is 0.261 e. The van der Waals surface area contributed by atoms with Crippen LogP contribution in [0, 0.1) is 5.92 Å². The summed E-state index contributed by atoms with van der Waals surface area (Å²) < 4.78 is 24.2. The minimum Gasteiger partial charge on any atom is -0.493 e. The fourth-order valence-corrected chi connectivity index (χ4v) is 8.22. The molecule has 0 saturated heterocycles. The Morgan fingerprint density at radius 2 is 1.52 bits per heavy atom. The summed E-state index contributed by atoms with van der Waals surface area (Å²) in [6.07, 6.45) is 4.36. The zero-order valence-electron chi connectivity index (χ0n) is 35.1. The number of ether oxygens (including phenoxy) is 4. The second-order valence-electron chi connectivity index (χ2n) is 16.3. The first-order valence-electron chi connectivity index (χ1n) is 20.5. The van der Waals surface area contributed by atoms with Gasteiger partial charge in [0.15, 0.2) is 23.0 Å². The maximum atomic E-state index is 14.0. The van der Waals surface area contributed by atoms with Crippen LogP contribution < -0.4 is 45.5 Å². The fraction of sp³-hybridized carbons (Fsp3) is 0.370. The number of fused-ring (bicyclic) bond motifs is 6. The largest absolute Gasteiger partial charge is 0.493 e. The molecule has 0 spiro atoms. The second-order valence-corrected chi connectivity index (χ2v) is 16.3.